The number of hydrogen-bond acceptors (Lipinski definition) is 7. The van der Waals surface area contributed by atoms with Gasteiger partial charge in [-0.15, -0.1) is 0 Å². The maximum absolute atomic E-state index is 12.1. The molecule has 0 aliphatic carbocycles. The third-order valence-corrected chi connectivity index (χ3v) is 4.33. The van der Waals surface area contributed by atoms with Gasteiger partial charge in [-0.05, 0) is 35.9 Å². The summed E-state index contributed by atoms with van der Waals surface area (Å²) in [5.41, 5.74) is 2.31. The van der Waals surface area contributed by atoms with Crippen LogP contribution in [0.4, 0.5) is 5.69 Å². The van der Waals surface area contributed by atoms with Crippen LogP contribution in [0.15, 0.2) is 42.5 Å². The molecule has 0 bridgehead atoms. The highest BCUT2D eigenvalue weighted by atomic mass is 16.7. The Labute approximate surface area is 173 Å². The number of carbonyl (C=O) groups excluding carboxylic acids is 3. The minimum Gasteiger partial charge on any atom is -0.454 e. The van der Waals surface area contributed by atoms with E-state index in [-0.39, 0.29) is 13.3 Å². The lowest BCUT2D eigenvalue weighted by atomic mass is 10.2. The Morgan fingerprint density at radius 1 is 1.00 bits per heavy atom. The highest BCUT2D eigenvalue weighted by molar-refractivity contribution is 5.96. The van der Waals surface area contributed by atoms with E-state index in [2.05, 4.69) is 10.6 Å². The second-order valence-corrected chi connectivity index (χ2v) is 6.75. The van der Waals surface area contributed by atoms with Gasteiger partial charge >= 0.3 is 5.97 Å². The van der Waals surface area contributed by atoms with Crippen molar-refractivity contribution in [3.63, 3.8) is 0 Å². The van der Waals surface area contributed by atoms with Crippen LogP contribution in [0, 0.1) is 0 Å². The van der Waals surface area contributed by atoms with Gasteiger partial charge in [-0.25, -0.2) is 0 Å². The smallest absolute Gasteiger partial charge is 0.325 e. The summed E-state index contributed by atoms with van der Waals surface area (Å²) in [5, 5.41) is 5.12. The molecular formula is C21H23N3O6. The molecule has 0 atom stereocenters. The molecule has 0 saturated carbocycles. The lowest BCUT2D eigenvalue weighted by Crippen LogP contribution is -2.33. The van der Waals surface area contributed by atoms with Crippen LogP contribution in [-0.4, -0.2) is 51.8 Å². The van der Waals surface area contributed by atoms with E-state index in [0.29, 0.717) is 23.6 Å². The SMILES string of the molecule is CN(C)c1ccc(CNC(=O)COC(=O)CNC(=O)c2ccc3c(c2)OCO3)cc1. The second-order valence-electron chi connectivity index (χ2n) is 6.75. The van der Waals surface area contributed by atoms with Crippen LogP contribution < -0.4 is 25.0 Å². The van der Waals surface area contributed by atoms with Gasteiger partial charge in [-0.2, -0.15) is 0 Å². The number of rotatable bonds is 8. The minimum atomic E-state index is -0.713. The van der Waals surface area contributed by atoms with Crippen molar-refractivity contribution in [2.24, 2.45) is 0 Å². The number of nitrogens with one attached hydrogen (secondary N) is 2. The van der Waals surface area contributed by atoms with E-state index in [1.807, 2.05) is 43.3 Å². The van der Waals surface area contributed by atoms with Gasteiger partial charge < -0.3 is 29.7 Å². The van der Waals surface area contributed by atoms with Crippen molar-refractivity contribution in [3.05, 3.63) is 53.6 Å². The van der Waals surface area contributed by atoms with Crippen molar-refractivity contribution < 1.29 is 28.6 Å². The van der Waals surface area contributed by atoms with Crippen LogP contribution in [-0.2, 0) is 20.9 Å². The fourth-order valence-electron chi connectivity index (χ4n) is 2.65. The average molecular weight is 413 g/mol. The number of anilines is 1. The topological polar surface area (TPSA) is 106 Å². The van der Waals surface area contributed by atoms with Crippen LogP contribution in [0.2, 0.25) is 0 Å². The lowest BCUT2D eigenvalue weighted by molar-refractivity contribution is -0.147. The minimum absolute atomic E-state index is 0.107. The number of ether oxygens (including phenoxy) is 3. The molecule has 2 aromatic rings. The zero-order chi connectivity index (χ0) is 21.5. The van der Waals surface area contributed by atoms with Gasteiger partial charge in [-0.1, -0.05) is 12.1 Å². The van der Waals surface area contributed by atoms with Gasteiger partial charge in [-0.3, -0.25) is 14.4 Å². The highest BCUT2D eigenvalue weighted by Gasteiger charge is 2.17. The Bertz CT molecular complexity index is 927. The molecule has 9 nitrogen and oxygen atoms in total. The molecule has 9 heteroatoms. The normalized spacial score (nSPS) is 11.5. The molecule has 1 aliphatic rings. The second kappa shape index (κ2) is 9.64. The summed E-state index contributed by atoms with van der Waals surface area (Å²) in [5.74, 6) is -0.573. The Balaban J connectivity index is 1.35. The zero-order valence-corrected chi connectivity index (χ0v) is 16.8. The monoisotopic (exact) mass is 413 g/mol. The van der Waals surface area contributed by atoms with Crippen LogP contribution in [0.25, 0.3) is 0 Å². The molecule has 0 fully saturated rings. The zero-order valence-electron chi connectivity index (χ0n) is 16.8. The maximum atomic E-state index is 12.1. The van der Waals surface area contributed by atoms with Crippen molar-refractivity contribution in [2.45, 2.75) is 6.54 Å². The molecule has 0 aromatic heterocycles. The summed E-state index contributed by atoms with van der Waals surface area (Å²) < 4.78 is 15.3. The molecule has 30 heavy (non-hydrogen) atoms. The number of fused-ring (bicyclic) bond motifs is 1. The first-order chi connectivity index (χ1) is 14.4. The number of amides is 2. The number of hydrogen-bond donors (Lipinski definition) is 2. The predicted octanol–water partition coefficient (Wildman–Crippen LogP) is 1.07. The van der Waals surface area contributed by atoms with E-state index < -0.39 is 24.4 Å². The third kappa shape index (κ3) is 5.63. The van der Waals surface area contributed by atoms with E-state index in [0.717, 1.165) is 11.3 Å². The first-order valence-electron chi connectivity index (χ1n) is 9.29. The summed E-state index contributed by atoms with van der Waals surface area (Å²) in [6, 6.07) is 12.4. The summed E-state index contributed by atoms with van der Waals surface area (Å²) >= 11 is 0. The van der Waals surface area contributed by atoms with Gasteiger partial charge in [0.2, 0.25) is 6.79 Å². The predicted molar refractivity (Wildman–Crippen MR) is 108 cm³/mol. The average Bonchev–Trinajstić information content (AvgIpc) is 3.22. The molecule has 2 amide bonds. The van der Waals surface area contributed by atoms with Crippen molar-refractivity contribution >= 4 is 23.5 Å². The summed E-state index contributed by atoms with van der Waals surface area (Å²) in [6.45, 7) is -0.345. The number of carbonyl (C=O) groups is 3. The van der Waals surface area contributed by atoms with Gasteiger partial charge in [0.05, 0.1) is 0 Å². The quantitative estimate of drug-likeness (QED) is 0.624. The molecule has 158 valence electrons. The molecule has 1 heterocycles. The van der Waals surface area contributed by atoms with E-state index >= 15 is 0 Å². The van der Waals surface area contributed by atoms with E-state index in [1.165, 1.54) is 6.07 Å². The molecule has 1 aliphatic heterocycles. The van der Waals surface area contributed by atoms with Crippen LogP contribution in [0.1, 0.15) is 15.9 Å². The number of nitrogens with zero attached hydrogens (tertiary/aromatic N) is 1. The summed E-state index contributed by atoms with van der Waals surface area (Å²) in [7, 11) is 3.89. The molecule has 0 spiro atoms. The number of esters is 1. The lowest BCUT2D eigenvalue weighted by Gasteiger charge is -2.13. The molecular weight excluding hydrogens is 390 g/mol. The Kier molecular flexibility index (Phi) is 6.74. The van der Waals surface area contributed by atoms with E-state index in [4.69, 9.17) is 14.2 Å². The summed E-state index contributed by atoms with van der Waals surface area (Å²) in [4.78, 5) is 37.7. The molecule has 0 saturated heterocycles. The fourth-order valence-corrected chi connectivity index (χ4v) is 2.65. The van der Waals surface area contributed by atoms with Crippen molar-refractivity contribution in [2.75, 3.05) is 38.9 Å². The number of benzene rings is 2. The van der Waals surface area contributed by atoms with Gasteiger partial charge in [0.15, 0.2) is 18.1 Å². The van der Waals surface area contributed by atoms with Gasteiger partial charge in [0, 0.05) is 31.9 Å². The van der Waals surface area contributed by atoms with Crippen LogP contribution in [0.5, 0.6) is 11.5 Å². The maximum Gasteiger partial charge on any atom is 0.325 e. The third-order valence-electron chi connectivity index (χ3n) is 4.33. The van der Waals surface area contributed by atoms with Crippen LogP contribution >= 0.6 is 0 Å². The van der Waals surface area contributed by atoms with Crippen LogP contribution in [0.3, 0.4) is 0 Å². The molecule has 0 unspecified atom stereocenters. The molecule has 3 rings (SSSR count). The highest BCUT2D eigenvalue weighted by Crippen LogP contribution is 2.32. The summed E-state index contributed by atoms with van der Waals surface area (Å²) in [6.07, 6.45) is 0. The molecule has 0 radical (unpaired) electrons. The Morgan fingerprint density at radius 3 is 2.47 bits per heavy atom. The first-order valence-corrected chi connectivity index (χ1v) is 9.29. The molecule has 2 N–H and O–H groups in total. The first kappa shape index (κ1) is 21.0. The standard InChI is InChI=1S/C21H23N3O6/c1-24(2)16-6-3-14(4-7-16)10-22-19(25)12-28-20(26)11-23-21(27)15-5-8-17-18(9-15)30-13-29-17/h3-9H,10-13H2,1-2H3,(H,22,25)(H,23,27). The fraction of sp³-hybridized carbons (Fsp3) is 0.286. The van der Waals surface area contributed by atoms with E-state index in [9.17, 15) is 14.4 Å². The van der Waals surface area contributed by atoms with Crippen molar-refractivity contribution in [1.82, 2.24) is 10.6 Å². The van der Waals surface area contributed by atoms with Gasteiger partial charge in [0.25, 0.3) is 11.8 Å². The Hall–Kier alpha value is -3.75. The van der Waals surface area contributed by atoms with Crippen molar-refractivity contribution in [3.8, 4) is 11.5 Å². The van der Waals surface area contributed by atoms with E-state index in [1.54, 1.807) is 12.1 Å². The Morgan fingerprint density at radius 2 is 1.73 bits per heavy atom. The molecule has 2 aromatic carbocycles. The largest absolute Gasteiger partial charge is 0.454 e. The van der Waals surface area contributed by atoms with Gasteiger partial charge in [0.1, 0.15) is 6.54 Å². The van der Waals surface area contributed by atoms with Crippen molar-refractivity contribution in [1.29, 1.82) is 0 Å².